The van der Waals surface area contributed by atoms with E-state index in [-0.39, 0.29) is 5.91 Å². The first-order valence-electron chi connectivity index (χ1n) is 10.5. The van der Waals surface area contributed by atoms with E-state index in [1.54, 1.807) is 10.7 Å². The number of rotatable bonds is 7. The Labute approximate surface area is 206 Å². The molecule has 0 fully saturated rings. The van der Waals surface area contributed by atoms with Gasteiger partial charge in [0, 0.05) is 16.8 Å². The summed E-state index contributed by atoms with van der Waals surface area (Å²) in [5, 5.41) is 8.03. The highest BCUT2D eigenvalue weighted by atomic mass is 79.9. The SMILES string of the molecule is Cc1ccc(C)c(OCc2cccc(C(=O)Nc3nn(Cc4ccccc4Cl)cc3Br)c2)c1. The van der Waals surface area contributed by atoms with Crippen molar-refractivity contribution in [3.05, 3.63) is 110 Å². The molecule has 5 nitrogen and oxygen atoms in total. The summed E-state index contributed by atoms with van der Waals surface area (Å²) in [6.07, 6.45) is 1.81. The summed E-state index contributed by atoms with van der Waals surface area (Å²) in [5.41, 5.74) is 4.61. The van der Waals surface area contributed by atoms with Crippen molar-refractivity contribution in [1.29, 1.82) is 0 Å². The van der Waals surface area contributed by atoms with Crippen LogP contribution in [0.4, 0.5) is 5.82 Å². The molecule has 0 unspecified atom stereocenters. The Morgan fingerprint density at radius 1 is 1.09 bits per heavy atom. The number of aryl methyl sites for hydroxylation is 2. The Morgan fingerprint density at radius 2 is 1.91 bits per heavy atom. The number of nitrogens with one attached hydrogen (secondary N) is 1. The predicted molar refractivity (Wildman–Crippen MR) is 135 cm³/mol. The zero-order valence-electron chi connectivity index (χ0n) is 18.3. The third-order valence-electron chi connectivity index (χ3n) is 5.17. The topological polar surface area (TPSA) is 56.1 Å². The summed E-state index contributed by atoms with van der Waals surface area (Å²) in [6, 6.07) is 21.1. The van der Waals surface area contributed by atoms with Crippen molar-refractivity contribution in [2.24, 2.45) is 0 Å². The number of ether oxygens (including phenoxy) is 1. The van der Waals surface area contributed by atoms with Gasteiger partial charge in [0.15, 0.2) is 5.82 Å². The van der Waals surface area contributed by atoms with Crippen LogP contribution in [-0.4, -0.2) is 15.7 Å². The Kier molecular flexibility index (Phi) is 7.16. The molecule has 1 heterocycles. The van der Waals surface area contributed by atoms with Crippen molar-refractivity contribution >= 4 is 39.3 Å². The zero-order valence-corrected chi connectivity index (χ0v) is 20.7. The lowest BCUT2D eigenvalue weighted by atomic mass is 10.1. The van der Waals surface area contributed by atoms with Gasteiger partial charge in [-0.1, -0.05) is 54.1 Å². The largest absolute Gasteiger partial charge is 0.489 e. The van der Waals surface area contributed by atoms with Crippen LogP contribution in [0.3, 0.4) is 0 Å². The van der Waals surface area contributed by atoms with Gasteiger partial charge in [-0.3, -0.25) is 9.48 Å². The number of anilines is 1. The molecular formula is C26H23BrClN3O2. The van der Waals surface area contributed by atoms with Crippen molar-refractivity contribution in [2.45, 2.75) is 27.0 Å². The number of hydrogen-bond donors (Lipinski definition) is 1. The van der Waals surface area contributed by atoms with E-state index in [4.69, 9.17) is 16.3 Å². The first kappa shape index (κ1) is 23.1. The molecule has 0 aliphatic carbocycles. The highest BCUT2D eigenvalue weighted by molar-refractivity contribution is 9.10. The maximum atomic E-state index is 12.9. The van der Waals surface area contributed by atoms with Gasteiger partial charge in [-0.2, -0.15) is 5.10 Å². The number of halogens is 2. The van der Waals surface area contributed by atoms with Gasteiger partial charge in [-0.05, 0) is 76.3 Å². The third kappa shape index (κ3) is 5.83. The number of carbonyl (C=O) groups excluding carboxylic acids is 1. The molecule has 33 heavy (non-hydrogen) atoms. The van der Waals surface area contributed by atoms with Gasteiger partial charge in [-0.25, -0.2) is 0 Å². The zero-order chi connectivity index (χ0) is 23.4. The van der Waals surface area contributed by atoms with Crippen LogP contribution >= 0.6 is 27.5 Å². The summed E-state index contributed by atoms with van der Waals surface area (Å²) in [5.74, 6) is 1.05. The molecule has 0 atom stereocenters. The minimum atomic E-state index is -0.243. The summed E-state index contributed by atoms with van der Waals surface area (Å²) in [4.78, 5) is 12.9. The van der Waals surface area contributed by atoms with E-state index in [9.17, 15) is 4.79 Å². The minimum absolute atomic E-state index is 0.243. The minimum Gasteiger partial charge on any atom is -0.489 e. The normalized spacial score (nSPS) is 10.8. The lowest BCUT2D eigenvalue weighted by molar-refractivity contribution is 0.102. The maximum Gasteiger partial charge on any atom is 0.256 e. The van der Waals surface area contributed by atoms with E-state index in [1.165, 1.54) is 0 Å². The summed E-state index contributed by atoms with van der Waals surface area (Å²) in [7, 11) is 0. The fraction of sp³-hybridized carbons (Fsp3) is 0.154. The van der Waals surface area contributed by atoms with Gasteiger partial charge < -0.3 is 10.1 Å². The number of aromatic nitrogens is 2. The predicted octanol–water partition coefficient (Wildman–Crippen LogP) is 6.80. The van der Waals surface area contributed by atoms with Gasteiger partial charge in [0.05, 0.1) is 11.0 Å². The Bertz CT molecular complexity index is 1300. The second kappa shape index (κ2) is 10.2. The molecule has 0 spiro atoms. The van der Waals surface area contributed by atoms with Gasteiger partial charge >= 0.3 is 0 Å². The fourth-order valence-corrected chi connectivity index (χ4v) is 3.98. The molecule has 0 saturated carbocycles. The molecule has 0 aliphatic rings. The van der Waals surface area contributed by atoms with Crippen molar-refractivity contribution in [3.63, 3.8) is 0 Å². The number of amides is 1. The quantitative estimate of drug-likeness (QED) is 0.289. The van der Waals surface area contributed by atoms with Crippen molar-refractivity contribution in [2.75, 3.05) is 5.32 Å². The summed E-state index contributed by atoms with van der Waals surface area (Å²) >= 11 is 9.72. The molecule has 0 bridgehead atoms. The fourth-order valence-electron chi connectivity index (χ4n) is 3.37. The van der Waals surface area contributed by atoms with Crippen LogP contribution < -0.4 is 10.1 Å². The van der Waals surface area contributed by atoms with Crippen LogP contribution in [0, 0.1) is 13.8 Å². The van der Waals surface area contributed by atoms with E-state index < -0.39 is 0 Å². The maximum absolute atomic E-state index is 12.9. The van der Waals surface area contributed by atoms with Crippen LogP contribution in [0.25, 0.3) is 0 Å². The molecule has 3 aromatic carbocycles. The van der Waals surface area contributed by atoms with Crippen LogP contribution in [0.15, 0.2) is 77.4 Å². The van der Waals surface area contributed by atoms with Crippen molar-refractivity contribution in [3.8, 4) is 5.75 Å². The van der Waals surface area contributed by atoms with E-state index in [0.29, 0.717) is 34.0 Å². The molecular weight excluding hydrogens is 502 g/mol. The van der Waals surface area contributed by atoms with Crippen molar-refractivity contribution < 1.29 is 9.53 Å². The molecule has 0 radical (unpaired) electrons. The first-order valence-corrected chi connectivity index (χ1v) is 11.6. The first-order chi connectivity index (χ1) is 15.9. The smallest absolute Gasteiger partial charge is 0.256 e. The van der Waals surface area contributed by atoms with Crippen LogP contribution in [0.2, 0.25) is 5.02 Å². The average molecular weight is 525 g/mol. The van der Waals surface area contributed by atoms with Gasteiger partial charge in [0.2, 0.25) is 0 Å². The number of nitrogens with zero attached hydrogens (tertiary/aromatic N) is 2. The van der Waals surface area contributed by atoms with Crippen molar-refractivity contribution in [1.82, 2.24) is 9.78 Å². The molecule has 1 amide bonds. The monoisotopic (exact) mass is 523 g/mol. The molecule has 0 aliphatic heterocycles. The standard InChI is InChI=1S/C26H23BrClN3O2/c1-17-10-11-18(2)24(12-17)33-16-19-6-5-8-20(13-19)26(32)29-25-22(27)15-31(30-25)14-21-7-3-4-9-23(21)28/h3-13,15H,14,16H2,1-2H3,(H,29,30,32). The highest BCUT2D eigenvalue weighted by Gasteiger charge is 2.13. The molecule has 4 rings (SSSR count). The van der Waals surface area contributed by atoms with Crippen LogP contribution in [0.5, 0.6) is 5.75 Å². The van der Waals surface area contributed by atoms with Crippen LogP contribution in [-0.2, 0) is 13.2 Å². The van der Waals surface area contributed by atoms with Gasteiger partial charge in [0.1, 0.15) is 12.4 Å². The van der Waals surface area contributed by atoms with E-state index >= 15 is 0 Å². The molecule has 0 saturated heterocycles. The Balaban J connectivity index is 1.43. The molecule has 4 aromatic rings. The van der Waals surface area contributed by atoms with E-state index in [2.05, 4.69) is 32.4 Å². The lowest BCUT2D eigenvalue weighted by Gasteiger charge is -2.11. The molecule has 1 aromatic heterocycles. The van der Waals surface area contributed by atoms with Crippen LogP contribution in [0.1, 0.15) is 32.6 Å². The highest BCUT2D eigenvalue weighted by Crippen LogP contribution is 2.24. The average Bonchev–Trinajstić information content (AvgIpc) is 3.14. The Morgan fingerprint density at radius 3 is 2.73 bits per heavy atom. The second-order valence-electron chi connectivity index (χ2n) is 7.83. The van der Waals surface area contributed by atoms with Gasteiger partial charge in [-0.15, -0.1) is 0 Å². The van der Waals surface area contributed by atoms with E-state index in [1.807, 2.05) is 74.6 Å². The summed E-state index contributed by atoms with van der Waals surface area (Å²) < 4.78 is 8.40. The lowest BCUT2D eigenvalue weighted by Crippen LogP contribution is -2.13. The molecule has 168 valence electrons. The number of hydrogen-bond acceptors (Lipinski definition) is 3. The summed E-state index contributed by atoms with van der Waals surface area (Å²) in [6.45, 7) is 4.92. The van der Waals surface area contributed by atoms with E-state index in [0.717, 1.165) is 28.0 Å². The number of carbonyl (C=O) groups is 1. The molecule has 7 heteroatoms. The second-order valence-corrected chi connectivity index (χ2v) is 9.09. The molecule has 1 N–H and O–H groups in total. The Hall–Kier alpha value is -3.09. The number of benzene rings is 3. The third-order valence-corrected chi connectivity index (χ3v) is 6.12. The van der Waals surface area contributed by atoms with Gasteiger partial charge in [0.25, 0.3) is 5.91 Å².